The summed E-state index contributed by atoms with van der Waals surface area (Å²) in [5, 5.41) is 0. The van der Waals surface area contributed by atoms with Crippen LogP contribution in [0.3, 0.4) is 0 Å². The van der Waals surface area contributed by atoms with Gasteiger partial charge in [-0.3, -0.25) is 14.6 Å². The highest BCUT2D eigenvalue weighted by atomic mass is 16.2. The molecule has 5 heteroatoms. The van der Waals surface area contributed by atoms with Gasteiger partial charge in [-0.2, -0.15) is 0 Å². The first-order valence-corrected chi connectivity index (χ1v) is 10.8. The average molecular weight is 408 g/mol. The molecule has 0 spiro atoms. The van der Waals surface area contributed by atoms with Gasteiger partial charge < -0.3 is 9.80 Å². The highest BCUT2D eigenvalue weighted by Gasteiger charge is 2.44. The van der Waals surface area contributed by atoms with Crippen LogP contribution in [0.15, 0.2) is 48.8 Å². The molecule has 1 fully saturated rings. The zero-order valence-corrected chi connectivity index (χ0v) is 18.6. The highest BCUT2D eigenvalue weighted by molar-refractivity contribution is 5.85. The van der Waals surface area contributed by atoms with E-state index in [-0.39, 0.29) is 11.8 Å². The molecular weight excluding hydrogens is 374 g/mol. The monoisotopic (exact) mass is 407 g/mol. The van der Waals surface area contributed by atoms with Crippen LogP contribution in [0, 0.1) is 11.3 Å². The molecule has 160 valence electrons. The van der Waals surface area contributed by atoms with Gasteiger partial charge in [0.2, 0.25) is 11.8 Å². The first-order chi connectivity index (χ1) is 14.3. The van der Waals surface area contributed by atoms with Gasteiger partial charge in [0.1, 0.15) is 0 Å². The Morgan fingerprint density at radius 3 is 2.60 bits per heavy atom. The second-order valence-electron chi connectivity index (χ2n) is 9.12. The fraction of sp³-hybridized carbons (Fsp3) is 0.480. The maximum Gasteiger partial charge on any atom is 0.230 e. The van der Waals surface area contributed by atoms with Gasteiger partial charge in [-0.15, -0.1) is 0 Å². The van der Waals surface area contributed by atoms with Gasteiger partial charge in [-0.25, -0.2) is 0 Å². The summed E-state index contributed by atoms with van der Waals surface area (Å²) >= 11 is 0. The summed E-state index contributed by atoms with van der Waals surface area (Å²) in [5.74, 6) is 0.579. The van der Waals surface area contributed by atoms with Gasteiger partial charge >= 0.3 is 0 Å². The number of aromatic nitrogens is 1. The van der Waals surface area contributed by atoms with Gasteiger partial charge in [0.15, 0.2) is 0 Å². The summed E-state index contributed by atoms with van der Waals surface area (Å²) in [4.78, 5) is 33.9. The van der Waals surface area contributed by atoms with Crippen LogP contribution in [0.1, 0.15) is 38.7 Å². The van der Waals surface area contributed by atoms with E-state index < -0.39 is 5.41 Å². The quantitative estimate of drug-likeness (QED) is 0.726. The summed E-state index contributed by atoms with van der Waals surface area (Å²) in [7, 11) is 3.62. The first-order valence-electron chi connectivity index (χ1n) is 10.8. The van der Waals surface area contributed by atoms with Crippen molar-refractivity contribution in [3.63, 3.8) is 0 Å². The van der Waals surface area contributed by atoms with Crippen LogP contribution < -0.4 is 0 Å². The second-order valence-corrected chi connectivity index (χ2v) is 9.12. The summed E-state index contributed by atoms with van der Waals surface area (Å²) in [6, 6.07) is 12.3. The van der Waals surface area contributed by atoms with Crippen LogP contribution in [-0.2, 0) is 16.0 Å². The number of pyridine rings is 1. The molecule has 0 saturated carbocycles. The van der Waals surface area contributed by atoms with Crippen LogP contribution in [0.25, 0.3) is 11.1 Å². The minimum Gasteiger partial charge on any atom is -0.348 e. The fourth-order valence-corrected chi connectivity index (χ4v) is 4.48. The molecule has 2 aromatic rings. The second kappa shape index (κ2) is 9.41. The maximum atomic E-state index is 13.3. The standard InChI is InChI=1S/C25H33N3O2/c1-19(2)14-23(29)28-13-7-11-25(18-28,24(30)27(3)4)16-20-8-5-9-21(15-20)22-10-6-12-26-17-22/h5-6,8-10,12,15,17,19H,7,11,13-14,16,18H2,1-4H3/t25-/m1/s1. The normalized spacial score (nSPS) is 19.0. The Labute approximate surface area is 180 Å². The number of carbonyl (C=O) groups excluding carboxylic acids is 2. The molecule has 1 aliphatic rings. The van der Waals surface area contributed by atoms with Gasteiger partial charge in [0, 0.05) is 46.0 Å². The zero-order valence-electron chi connectivity index (χ0n) is 18.6. The highest BCUT2D eigenvalue weighted by Crippen LogP contribution is 2.36. The topological polar surface area (TPSA) is 53.5 Å². The van der Waals surface area contributed by atoms with E-state index in [2.05, 4.69) is 37.0 Å². The third-order valence-electron chi connectivity index (χ3n) is 5.84. The third-order valence-corrected chi connectivity index (χ3v) is 5.84. The number of benzene rings is 1. The summed E-state index contributed by atoms with van der Waals surface area (Å²) in [6.45, 7) is 5.35. The average Bonchev–Trinajstić information content (AvgIpc) is 2.73. The minimum absolute atomic E-state index is 0.108. The molecule has 2 heterocycles. The molecule has 30 heavy (non-hydrogen) atoms. The van der Waals surface area contributed by atoms with Crippen LogP contribution in [0.5, 0.6) is 0 Å². The number of rotatable bonds is 6. The van der Waals surface area contributed by atoms with E-state index in [0.29, 0.717) is 25.3 Å². The van der Waals surface area contributed by atoms with E-state index in [1.54, 1.807) is 11.1 Å². The van der Waals surface area contributed by atoms with Gasteiger partial charge in [-0.05, 0) is 47.9 Å². The van der Waals surface area contributed by atoms with Crippen molar-refractivity contribution in [1.82, 2.24) is 14.8 Å². The van der Waals surface area contributed by atoms with Crippen LogP contribution in [0.2, 0.25) is 0 Å². The maximum absolute atomic E-state index is 13.3. The Kier molecular flexibility index (Phi) is 6.91. The Morgan fingerprint density at radius 2 is 1.93 bits per heavy atom. The largest absolute Gasteiger partial charge is 0.348 e. The molecule has 1 atom stereocenters. The summed E-state index contributed by atoms with van der Waals surface area (Å²) in [5.41, 5.74) is 2.69. The lowest BCUT2D eigenvalue weighted by Crippen LogP contribution is -2.54. The van der Waals surface area contributed by atoms with E-state index in [0.717, 1.165) is 36.1 Å². The zero-order chi connectivity index (χ0) is 21.7. The van der Waals surface area contributed by atoms with E-state index in [1.807, 2.05) is 43.4 Å². The van der Waals surface area contributed by atoms with Crippen molar-refractivity contribution in [3.05, 3.63) is 54.4 Å². The molecular formula is C25H33N3O2. The van der Waals surface area contributed by atoms with Crippen molar-refractivity contribution in [2.24, 2.45) is 11.3 Å². The number of piperidine rings is 1. The molecule has 5 nitrogen and oxygen atoms in total. The van der Waals surface area contributed by atoms with Crippen LogP contribution in [0.4, 0.5) is 0 Å². The van der Waals surface area contributed by atoms with Crippen molar-refractivity contribution in [1.29, 1.82) is 0 Å². The van der Waals surface area contributed by atoms with E-state index in [9.17, 15) is 9.59 Å². The van der Waals surface area contributed by atoms with Gasteiger partial charge in [0.05, 0.1) is 5.41 Å². The molecule has 1 aromatic carbocycles. The molecule has 1 saturated heterocycles. The molecule has 2 amide bonds. The van der Waals surface area contributed by atoms with Crippen LogP contribution in [-0.4, -0.2) is 53.8 Å². The lowest BCUT2D eigenvalue weighted by atomic mass is 9.73. The number of nitrogens with zero attached hydrogens (tertiary/aromatic N) is 3. The van der Waals surface area contributed by atoms with E-state index in [4.69, 9.17) is 0 Å². The van der Waals surface area contributed by atoms with Crippen molar-refractivity contribution in [2.75, 3.05) is 27.2 Å². The van der Waals surface area contributed by atoms with E-state index >= 15 is 0 Å². The lowest BCUT2D eigenvalue weighted by Gasteiger charge is -2.43. The van der Waals surface area contributed by atoms with Crippen LogP contribution >= 0.6 is 0 Å². The van der Waals surface area contributed by atoms with Crippen molar-refractivity contribution in [3.8, 4) is 11.1 Å². The third kappa shape index (κ3) is 5.07. The molecule has 0 radical (unpaired) electrons. The first kappa shape index (κ1) is 22.0. The predicted molar refractivity (Wildman–Crippen MR) is 120 cm³/mol. The minimum atomic E-state index is -0.581. The van der Waals surface area contributed by atoms with Crippen molar-refractivity contribution in [2.45, 2.75) is 39.5 Å². The molecule has 0 N–H and O–H groups in total. The molecule has 0 unspecified atom stereocenters. The number of amides is 2. The predicted octanol–water partition coefficient (Wildman–Crippen LogP) is 4.03. The van der Waals surface area contributed by atoms with Crippen molar-refractivity contribution >= 4 is 11.8 Å². The SMILES string of the molecule is CC(C)CC(=O)N1CCC[C@](Cc2cccc(-c3cccnc3)c2)(C(=O)N(C)C)C1. The van der Waals surface area contributed by atoms with Gasteiger partial charge in [0.25, 0.3) is 0 Å². The molecule has 1 aromatic heterocycles. The summed E-state index contributed by atoms with van der Waals surface area (Å²) in [6.07, 6.45) is 6.43. The van der Waals surface area contributed by atoms with Crippen molar-refractivity contribution < 1.29 is 9.59 Å². The number of hydrogen-bond acceptors (Lipinski definition) is 3. The Hall–Kier alpha value is -2.69. The van der Waals surface area contributed by atoms with E-state index in [1.165, 1.54) is 0 Å². The number of hydrogen-bond donors (Lipinski definition) is 0. The molecule has 0 aliphatic carbocycles. The molecule has 1 aliphatic heterocycles. The lowest BCUT2D eigenvalue weighted by molar-refractivity contribution is -0.147. The smallest absolute Gasteiger partial charge is 0.230 e. The summed E-state index contributed by atoms with van der Waals surface area (Å²) < 4.78 is 0. The molecule has 0 bridgehead atoms. The Balaban J connectivity index is 1.89. The Morgan fingerprint density at radius 1 is 1.17 bits per heavy atom. The van der Waals surface area contributed by atoms with Gasteiger partial charge in [-0.1, -0.05) is 44.2 Å². The fourth-order valence-electron chi connectivity index (χ4n) is 4.48. The molecule has 3 rings (SSSR count). The number of likely N-dealkylation sites (tertiary alicyclic amines) is 1. The Bertz CT molecular complexity index is 879. The number of carbonyl (C=O) groups is 2.